The van der Waals surface area contributed by atoms with Gasteiger partial charge in [-0.2, -0.15) is 0 Å². The Labute approximate surface area is 137 Å². The second-order valence-corrected chi connectivity index (χ2v) is 7.18. The summed E-state index contributed by atoms with van der Waals surface area (Å²) >= 11 is 0. The number of anilines is 1. The zero-order valence-corrected chi connectivity index (χ0v) is 13.8. The molecule has 1 spiro atoms. The van der Waals surface area contributed by atoms with Gasteiger partial charge < -0.3 is 9.80 Å². The third kappa shape index (κ3) is 2.69. The van der Waals surface area contributed by atoms with E-state index in [4.69, 9.17) is 0 Å². The van der Waals surface area contributed by atoms with E-state index in [9.17, 15) is 4.79 Å². The van der Waals surface area contributed by atoms with Crippen LogP contribution in [0.1, 0.15) is 25.7 Å². The van der Waals surface area contributed by atoms with E-state index in [0.717, 1.165) is 57.4 Å². The van der Waals surface area contributed by atoms with Crippen LogP contribution in [0, 0.1) is 5.92 Å². The van der Waals surface area contributed by atoms with E-state index in [-0.39, 0.29) is 5.54 Å². The highest BCUT2D eigenvalue weighted by molar-refractivity contribution is 5.87. The molecular formula is C17H25N5O. The quantitative estimate of drug-likeness (QED) is 0.833. The number of hydrogen-bond donors (Lipinski definition) is 0. The number of carbonyl (C=O) groups is 1. The van der Waals surface area contributed by atoms with Crippen molar-refractivity contribution in [1.82, 2.24) is 19.8 Å². The van der Waals surface area contributed by atoms with Crippen molar-refractivity contribution in [2.45, 2.75) is 31.2 Å². The summed E-state index contributed by atoms with van der Waals surface area (Å²) in [4.78, 5) is 28.5. The molecular weight excluding hydrogens is 290 g/mol. The molecule has 0 aromatic carbocycles. The molecule has 2 aliphatic heterocycles. The fraction of sp³-hybridized carbons (Fsp3) is 0.706. The van der Waals surface area contributed by atoms with Crippen molar-refractivity contribution in [1.29, 1.82) is 0 Å². The molecule has 4 rings (SSSR count). The number of aromatic nitrogens is 2. The van der Waals surface area contributed by atoms with Crippen LogP contribution in [0.5, 0.6) is 0 Å². The van der Waals surface area contributed by atoms with Gasteiger partial charge in [-0.1, -0.05) is 0 Å². The highest BCUT2D eigenvalue weighted by atomic mass is 16.2. The van der Waals surface area contributed by atoms with Crippen LogP contribution in [-0.4, -0.2) is 71.0 Å². The van der Waals surface area contributed by atoms with Gasteiger partial charge in [-0.25, -0.2) is 9.97 Å². The Balaban J connectivity index is 1.47. The van der Waals surface area contributed by atoms with E-state index in [0.29, 0.717) is 5.91 Å². The standard InChI is InChI=1S/C17H25N5O/c1-20-11-12-22(13-14-3-4-14)15(23)17(20)5-9-21(10-6-17)16-18-7-2-8-19-16/h2,7-8,14H,3-6,9-13H2,1H3. The molecule has 3 fully saturated rings. The smallest absolute Gasteiger partial charge is 0.243 e. The summed E-state index contributed by atoms with van der Waals surface area (Å²) in [5.41, 5.74) is -0.307. The second kappa shape index (κ2) is 5.74. The van der Waals surface area contributed by atoms with E-state index in [1.165, 1.54) is 12.8 Å². The zero-order chi connectivity index (χ0) is 15.9. The molecule has 0 N–H and O–H groups in total. The van der Waals surface area contributed by atoms with Crippen LogP contribution in [0.2, 0.25) is 0 Å². The first-order valence-electron chi connectivity index (χ1n) is 8.72. The third-order valence-electron chi connectivity index (χ3n) is 5.72. The Hall–Kier alpha value is -1.69. The molecule has 0 unspecified atom stereocenters. The average Bonchev–Trinajstić information content (AvgIpc) is 3.41. The molecule has 23 heavy (non-hydrogen) atoms. The van der Waals surface area contributed by atoms with Gasteiger partial charge in [-0.05, 0) is 44.7 Å². The Morgan fingerprint density at radius 1 is 1.13 bits per heavy atom. The van der Waals surface area contributed by atoms with Crippen LogP contribution in [0.4, 0.5) is 5.95 Å². The van der Waals surface area contributed by atoms with Gasteiger partial charge in [0.2, 0.25) is 11.9 Å². The lowest BCUT2D eigenvalue weighted by Crippen LogP contribution is -2.68. The minimum absolute atomic E-state index is 0.307. The third-order valence-corrected chi connectivity index (χ3v) is 5.72. The summed E-state index contributed by atoms with van der Waals surface area (Å²) in [5, 5.41) is 0. The summed E-state index contributed by atoms with van der Waals surface area (Å²) in [5.74, 6) is 1.90. The summed E-state index contributed by atoms with van der Waals surface area (Å²) in [6, 6.07) is 1.84. The molecule has 124 valence electrons. The highest BCUT2D eigenvalue weighted by Crippen LogP contribution is 2.36. The molecule has 1 aromatic heterocycles. The first kappa shape index (κ1) is 14.9. The number of rotatable bonds is 3. The van der Waals surface area contributed by atoms with Crippen molar-refractivity contribution in [3.8, 4) is 0 Å². The van der Waals surface area contributed by atoms with Crippen molar-refractivity contribution in [3.05, 3.63) is 18.5 Å². The molecule has 0 atom stereocenters. The molecule has 1 saturated carbocycles. The molecule has 3 heterocycles. The van der Waals surface area contributed by atoms with Crippen molar-refractivity contribution < 1.29 is 4.79 Å². The van der Waals surface area contributed by atoms with Crippen molar-refractivity contribution in [3.63, 3.8) is 0 Å². The maximum atomic E-state index is 13.2. The molecule has 2 saturated heterocycles. The Morgan fingerprint density at radius 3 is 2.48 bits per heavy atom. The molecule has 1 amide bonds. The van der Waals surface area contributed by atoms with E-state index < -0.39 is 0 Å². The largest absolute Gasteiger partial charge is 0.341 e. The summed E-state index contributed by atoms with van der Waals surface area (Å²) in [6.45, 7) is 4.54. The number of nitrogens with zero attached hydrogens (tertiary/aromatic N) is 5. The molecule has 0 bridgehead atoms. The molecule has 3 aliphatic rings. The Morgan fingerprint density at radius 2 is 1.83 bits per heavy atom. The average molecular weight is 315 g/mol. The fourth-order valence-corrected chi connectivity index (χ4v) is 3.96. The number of carbonyl (C=O) groups excluding carboxylic acids is 1. The maximum Gasteiger partial charge on any atom is 0.243 e. The lowest BCUT2D eigenvalue weighted by molar-refractivity contribution is -0.152. The first-order valence-corrected chi connectivity index (χ1v) is 8.72. The Kier molecular flexibility index (Phi) is 3.71. The van der Waals surface area contributed by atoms with Gasteiger partial charge in [0.15, 0.2) is 0 Å². The van der Waals surface area contributed by atoms with E-state index in [1.807, 2.05) is 6.07 Å². The van der Waals surface area contributed by atoms with Crippen LogP contribution >= 0.6 is 0 Å². The van der Waals surface area contributed by atoms with Crippen LogP contribution in [-0.2, 0) is 4.79 Å². The van der Waals surface area contributed by atoms with Crippen LogP contribution in [0.15, 0.2) is 18.5 Å². The van der Waals surface area contributed by atoms with Crippen molar-refractivity contribution in [2.24, 2.45) is 5.92 Å². The van der Waals surface area contributed by atoms with Gasteiger partial charge in [0.05, 0.1) is 0 Å². The molecule has 6 heteroatoms. The summed E-state index contributed by atoms with van der Waals surface area (Å²) < 4.78 is 0. The number of piperazine rings is 1. The van der Waals surface area contributed by atoms with Gasteiger partial charge >= 0.3 is 0 Å². The number of piperidine rings is 1. The molecule has 0 radical (unpaired) electrons. The van der Waals surface area contributed by atoms with Crippen LogP contribution in [0.3, 0.4) is 0 Å². The van der Waals surface area contributed by atoms with Gasteiger partial charge in [0.25, 0.3) is 0 Å². The number of likely N-dealkylation sites (N-methyl/N-ethyl adjacent to an activating group) is 1. The fourth-order valence-electron chi connectivity index (χ4n) is 3.96. The Bertz CT molecular complexity index is 566. The number of hydrogen-bond acceptors (Lipinski definition) is 5. The summed E-state index contributed by atoms with van der Waals surface area (Å²) in [6.07, 6.45) is 7.88. The lowest BCUT2D eigenvalue weighted by Gasteiger charge is -2.51. The van der Waals surface area contributed by atoms with Gasteiger partial charge in [-0.3, -0.25) is 9.69 Å². The highest BCUT2D eigenvalue weighted by Gasteiger charge is 2.50. The van der Waals surface area contributed by atoms with Gasteiger partial charge in [-0.15, -0.1) is 0 Å². The predicted molar refractivity (Wildman–Crippen MR) is 88.1 cm³/mol. The number of amides is 1. The van der Waals surface area contributed by atoms with Crippen molar-refractivity contribution >= 4 is 11.9 Å². The maximum absolute atomic E-state index is 13.2. The van der Waals surface area contributed by atoms with Gasteiger partial charge in [0.1, 0.15) is 5.54 Å². The molecule has 1 aromatic rings. The predicted octanol–water partition coefficient (Wildman–Crippen LogP) is 1.000. The van der Waals surface area contributed by atoms with E-state index in [2.05, 4.69) is 31.7 Å². The van der Waals surface area contributed by atoms with Crippen LogP contribution < -0.4 is 4.90 Å². The second-order valence-electron chi connectivity index (χ2n) is 7.18. The van der Waals surface area contributed by atoms with E-state index in [1.54, 1.807) is 12.4 Å². The lowest BCUT2D eigenvalue weighted by atomic mass is 9.82. The normalized spacial score (nSPS) is 25.2. The first-order chi connectivity index (χ1) is 11.2. The van der Waals surface area contributed by atoms with Crippen molar-refractivity contribution in [2.75, 3.05) is 44.7 Å². The van der Waals surface area contributed by atoms with Crippen LogP contribution in [0.25, 0.3) is 0 Å². The minimum atomic E-state index is -0.307. The van der Waals surface area contributed by atoms with E-state index >= 15 is 0 Å². The molecule has 6 nitrogen and oxygen atoms in total. The minimum Gasteiger partial charge on any atom is -0.341 e. The zero-order valence-electron chi connectivity index (χ0n) is 13.8. The van der Waals surface area contributed by atoms with Gasteiger partial charge in [0, 0.05) is 45.1 Å². The topological polar surface area (TPSA) is 52.6 Å². The SMILES string of the molecule is CN1CCN(CC2CC2)C(=O)C12CCN(c1ncccn1)CC2. The monoisotopic (exact) mass is 315 g/mol. The molecule has 1 aliphatic carbocycles. The summed E-state index contributed by atoms with van der Waals surface area (Å²) in [7, 11) is 2.11.